The third kappa shape index (κ3) is 1.35. The Labute approximate surface area is 64.1 Å². The van der Waals surface area contributed by atoms with Crippen LogP contribution in [0.2, 0.25) is 0 Å². The van der Waals surface area contributed by atoms with Crippen molar-refractivity contribution in [1.82, 2.24) is 4.98 Å². The van der Waals surface area contributed by atoms with Crippen LogP contribution in [0.15, 0.2) is 5.38 Å². The van der Waals surface area contributed by atoms with Crippen LogP contribution in [-0.2, 0) is 0 Å². The lowest BCUT2D eigenvalue weighted by Gasteiger charge is -1.95. The molecule has 0 spiro atoms. The van der Waals surface area contributed by atoms with Gasteiger partial charge >= 0.3 is 0 Å². The van der Waals surface area contributed by atoms with Crippen LogP contribution in [0.25, 0.3) is 0 Å². The van der Waals surface area contributed by atoms with Crippen LogP contribution >= 0.6 is 11.3 Å². The fourth-order valence-corrected chi connectivity index (χ4v) is 1.28. The topological polar surface area (TPSA) is 38.9 Å². The molecule has 1 aromatic heterocycles. The second kappa shape index (κ2) is 2.82. The van der Waals surface area contributed by atoms with Gasteiger partial charge in [0, 0.05) is 5.38 Å². The Morgan fingerprint density at radius 1 is 1.90 bits per heavy atom. The number of hydrogen-bond acceptors (Lipinski definition) is 3. The first-order valence-electron chi connectivity index (χ1n) is 2.91. The predicted octanol–water partition coefficient (Wildman–Crippen LogP) is 1.14. The van der Waals surface area contributed by atoms with Gasteiger partial charge in [0.05, 0.1) is 6.04 Å². The highest BCUT2D eigenvalue weighted by molar-refractivity contribution is 7.09. The van der Waals surface area contributed by atoms with Crippen molar-refractivity contribution in [3.8, 4) is 12.3 Å². The largest absolute Gasteiger partial charge is 0.322 e. The van der Waals surface area contributed by atoms with Crippen LogP contribution in [0.3, 0.4) is 0 Å². The van der Waals surface area contributed by atoms with Crippen molar-refractivity contribution < 1.29 is 0 Å². The summed E-state index contributed by atoms with van der Waals surface area (Å²) in [6, 6.07) is -0.00731. The molecule has 0 aromatic carbocycles. The maximum Gasteiger partial charge on any atom is 0.124 e. The highest BCUT2D eigenvalue weighted by Crippen LogP contribution is 2.14. The summed E-state index contributed by atoms with van der Waals surface area (Å²) in [7, 11) is 0. The van der Waals surface area contributed by atoms with Gasteiger partial charge in [-0.05, 0) is 12.8 Å². The molecule has 0 aliphatic carbocycles. The zero-order chi connectivity index (χ0) is 7.56. The molecule has 1 rings (SSSR count). The summed E-state index contributed by atoms with van der Waals surface area (Å²) in [5.74, 6) is 2.45. The summed E-state index contributed by atoms with van der Waals surface area (Å²) in [5.41, 5.74) is 6.24. The van der Waals surface area contributed by atoms with E-state index in [1.807, 2.05) is 12.3 Å². The number of nitrogens with zero attached hydrogens (tertiary/aromatic N) is 1. The van der Waals surface area contributed by atoms with E-state index in [9.17, 15) is 0 Å². The lowest BCUT2D eigenvalue weighted by molar-refractivity contribution is 0.805. The molecular weight excluding hydrogens is 144 g/mol. The Bertz CT molecular complexity index is 257. The second-order valence-electron chi connectivity index (χ2n) is 2.00. The molecule has 52 valence electrons. The lowest BCUT2D eigenvalue weighted by atomic mass is 10.4. The summed E-state index contributed by atoms with van der Waals surface area (Å²) in [6.07, 6.45) is 5.12. The number of rotatable bonds is 1. The molecule has 1 aromatic rings. The van der Waals surface area contributed by atoms with Crippen LogP contribution in [0, 0.1) is 12.3 Å². The first-order chi connectivity index (χ1) is 4.74. The molecule has 0 saturated carbocycles. The second-order valence-corrected chi connectivity index (χ2v) is 2.89. The third-order valence-electron chi connectivity index (χ3n) is 1.06. The molecule has 0 aliphatic heterocycles. The molecule has 1 heterocycles. The molecule has 1 atom stereocenters. The number of terminal acetylenes is 1. The number of aromatic nitrogens is 1. The van der Waals surface area contributed by atoms with Gasteiger partial charge in [-0.1, -0.05) is 0 Å². The van der Waals surface area contributed by atoms with Crippen molar-refractivity contribution in [1.29, 1.82) is 0 Å². The van der Waals surface area contributed by atoms with Gasteiger partial charge in [0.2, 0.25) is 0 Å². The molecule has 0 amide bonds. The Kier molecular flexibility index (Phi) is 2.05. The van der Waals surface area contributed by atoms with Gasteiger partial charge in [-0.3, -0.25) is 0 Å². The first kappa shape index (κ1) is 7.26. The molecule has 0 aliphatic rings. The van der Waals surface area contributed by atoms with Crippen LogP contribution in [0.4, 0.5) is 0 Å². The van der Waals surface area contributed by atoms with Crippen LogP contribution in [0.1, 0.15) is 23.7 Å². The van der Waals surface area contributed by atoms with Crippen molar-refractivity contribution in [2.24, 2.45) is 5.73 Å². The molecule has 10 heavy (non-hydrogen) atoms. The minimum Gasteiger partial charge on any atom is -0.322 e. The molecule has 3 heteroatoms. The van der Waals surface area contributed by atoms with Gasteiger partial charge in [0.1, 0.15) is 10.7 Å². The fourth-order valence-electron chi connectivity index (χ4n) is 0.563. The molecule has 0 saturated heterocycles. The van der Waals surface area contributed by atoms with Crippen molar-refractivity contribution in [2.45, 2.75) is 13.0 Å². The van der Waals surface area contributed by atoms with Gasteiger partial charge in [-0.2, -0.15) is 0 Å². The molecule has 2 nitrogen and oxygen atoms in total. The standard InChI is InChI=1S/C7H8N2S/c1-3-6-4-10-7(9-6)5(2)8/h1,4-5H,8H2,2H3/t5-/m1/s1. The fraction of sp³-hybridized carbons (Fsp3) is 0.286. The van der Waals surface area contributed by atoms with E-state index in [-0.39, 0.29) is 6.04 Å². The summed E-state index contributed by atoms with van der Waals surface area (Å²) in [6.45, 7) is 1.89. The zero-order valence-corrected chi connectivity index (χ0v) is 6.48. The average Bonchev–Trinajstić information content (AvgIpc) is 2.34. The maximum atomic E-state index is 5.56. The minimum absolute atomic E-state index is 0.00731. The minimum atomic E-state index is -0.00731. The van der Waals surface area contributed by atoms with E-state index in [4.69, 9.17) is 12.2 Å². The van der Waals surface area contributed by atoms with Crippen LogP contribution in [-0.4, -0.2) is 4.98 Å². The number of thiazole rings is 1. The summed E-state index contributed by atoms with van der Waals surface area (Å²) in [5, 5.41) is 2.73. The maximum absolute atomic E-state index is 5.56. The average molecular weight is 152 g/mol. The molecule has 0 unspecified atom stereocenters. The van der Waals surface area contributed by atoms with Crippen LogP contribution < -0.4 is 5.73 Å². The van der Waals surface area contributed by atoms with E-state index >= 15 is 0 Å². The van der Waals surface area contributed by atoms with E-state index in [2.05, 4.69) is 10.9 Å². The van der Waals surface area contributed by atoms with Crippen molar-refractivity contribution in [3.63, 3.8) is 0 Å². The summed E-state index contributed by atoms with van der Waals surface area (Å²) < 4.78 is 0. The zero-order valence-electron chi connectivity index (χ0n) is 5.66. The third-order valence-corrected chi connectivity index (χ3v) is 2.11. The molecular formula is C7H8N2S. The van der Waals surface area contributed by atoms with Crippen molar-refractivity contribution >= 4 is 11.3 Å². The van der Waals surface area contributed by atoms with Crippen molar-refractivity contribution in [2.75, 3.05) is 0 Å². The SMILES string of the molecule is C#Cc1csc([C@@H](C)N)n1. The molecule has 0 bridgehead atoms. The quantitative estimate of drug-likeness (QED) is 0.613. The van der Waals surface area contributed by atoms with Gasteiger partial charge in [0.15, 0.2) is 0 Å². The number of hydrogen-bond donors (Lipinski definition) is 1. The highest BCUT2D eigenvalue weighted by atomic mass is 32.1. The van der Waals surface area contributed by atoms with Gasteiger partial charge in [0.25, 0.3) is 0 Å². The van der Waals surface area contributed by atoms with E-state index in [0.717, 1.165) is 5.01 Å². The van der Waals surface area contributed by atoms with E-state index < -0.39 is 0 Å². The van der Waals surface area contributed by atoms with Gasteiger partial charge < -0.3 is 5.73 Å². The molecule has 0 fully saturated rings. The van der Waals surface area contributed by atoms with E-state index in [1.54, 1.807) is 0 Å². The Morgan fingerprint density at radius 2 is 2.60 bits per heavy atom. The Balaban J connectivity index is 2.91. The molecule has 2 N–H and O–H groups in total. The van der Waals surface area contributed by atoms with Crippen molar-refractivity contribution in [3.05, 3.63) is 16.1 Å². The lowest BCUT2D eigenvalue weighted by Crippen LogP contribution is -2.03. The van der Waals surface area contributed by atoms with Gasteiger partial charge in [-0.25, -0.2) is 4.98 Å². The predicted molar refractivity (Wildman–Crippen MR) is 42.7 cm³/mol. The highest BCUT2D eigenvalue weighted by Gasteiger charge is 2.02. The normalized spacial score (nSPS) is 12.5. The Morgan fingerprint density at radius 3 is 2.90 bits per heavy atom. The van der Waals surface area contributed by atoms with Crippen LogP contribution in [0.5, 0.6) is 0 Å². The van der Waals surface area contributed by atoms with Gasteiger partial charge in [-0.15, -0.1) is 17.8 Å². The summed E-state index contributed by atoms with van der Waals surface area (Å²) in [4.78, 5) is 4.09. The smallest absolute Gasteiger partial charge is 0.124 e. The number of nitrogens with two attached hydrogens (primary N) is 1. The molecule has 0 radical (unpaired) electrons. The Hall–Kier alpha value is -0.850. The van der Waals surface area contributed by atoms with E-state index in [0.29, 0.717) is 5.69 Å². The van der Waals surface area contributed by atoms with E-state index in [1.165, 1.54) is 11.3 Å². The monoisotopic (exact) mass is 152 g/mol. The summed E-state index contributed by atoms with van der Waals surface area (Å²) >= 11 is 1.50. The first-order valence-corrected chi connectivity index (χ1v) is 3.79.